The fourth-order valence-electron chi connectivity index (χ4n) is 2.71. The summed E-state index contributed by atoms with van der Waals surface area (Å²) in [5, 5.41) is 3.03. The van der Waals surface area contributed by atoms with E-state index in [2.05, 4.69) is 5.32 Å². The number of ether oxygens (including phenoxy) is 1. The van der Waals surface area contributed by atoms with Crippen LogP contribution >= 0.6 is 0 Å². The number of nitrogens with zero attached hydrogens (tertiary/aromatic N) is 1. The van der Waals surface area contributed by atoms with E-state index < -0.39 is 0 Å². The predicted molar refractivity (Wildman–Crippen MR) is 71.6 cm³/mol. The Morgan fingerprint density at radius 3 is 2.84 bits per heavy atom. The van der Waals surface area contributed by atoms with E-state index in [1.54, 1.807) is 0 Å². The summed E-state index contributed by atoms with van der Waals surface area (Å²) < 4.78 is 5.54. The van der Waals surface area contributed by atoms with E-state index in [-0.39, 0.29) is 30.1 Å². The molecule has 2 heterocycles. The predicted octanol–water partition coefficient (Wildman–Crippen LogP) is 0.929. The molecule has 0 saturated carbocycles. The van der Waals surface area contributed by atoms with Crippen molar-refractivity contribution >= 4 is 11.8 Å². The van der Waals surface area contributed by atoms with Crippen molar-refractivity contribution in [1.82, 2.24) is 10.2 Å². The van der Waals surface area contributed by atoms with Crippen LogP contribution in [0.5, 0.6) is 0 Å². The maximum Gasteiger partial charge on any atom is 0.248 e. The van der Waals surface area contributed by atoms with E-state index >= 15 is 0 Å². The molecule has 0 radical (unpaired) electrons. The molecule has 2 unspecified atom stereocenters. The van der Waals surface area contributed by atoms with Gasteiger partial charge in [0.25, 0.3) is 0 Å². The van der Waals surface area contributed by atoms with Crippen molar-refractivity contribution < 1.29 is 14.3 Å². The highest BCUT2D eigenvalue weighted by molar-refractivity contribution is 5.79. The van der Waals surface area contributed by atoms with Gasteiger partial charge in [0.2, 0.25) is 11.8 Å². The SMILES string of the molecule is CC(C)(C)OCC(=O)N1CCC2NC(=O)CCC2C1. The van der Waals surface area contributed by atoms with Crippen LogP contribution in [-0.2, 0) is 14.3 Å². The minimum atomic E-state index is -0.285. The summed E-state index contributed by atoms with van der Waals surface area (Å²) in [5.41, 5.74) is -0.285. The van der Waals surface area contributed by atoms with Gasteiger partial charge in [-0.3, -0.25) is 9.59 Å². The average molecular weight is 268 g/mol. The lowest BCUT2D eigenvalue weighted by Gasteiger charge is -2.41. The van der Waals surface area contributed by atoms with Gasteiger partial charge in [0, 0.05) is 25.6 Å². The monoisotopic (exact) mass is 268 g/mol. The van der Waals surface area contributed by atoms with Crippen molar-refractivity contribution in [2.24, 2.45) is 5.92 Å². The molecule has 0 aromatic heterocycles. The summed E-state index contributed by atoms with van der Waals surface area (Å²) in [6.45, 7) is 7.45. The smallest absolute Gasteiger partial charge is 0.248 e. The number of rotatable bonds is 2. The molecule has 2 aliphatic rings. The van der Waals surface area contributed by atoms with Crippen molar-refractivity contribution in [2.45, 2.75) is 51.7 Å². The zero-order valence-electron chi connectivity index (χ0n) is 12.1. The van der Waals surface area contributed by atoms with E-state index in [0.717, 1.165) is 19.4 Å². The number of hydrogen-bond donors (Lipinski definition) is 1. The number of hydrogen-bond acceptors (Lipinski definition) is 3. The lowest BCUT2D eigenvalue weighted by molar-refractivity contribution is -0.144. The van der Waals surface area contributed by atoms with Gasteiger partial charge in [-0.15, -0.1) is 0 Å². The molecule has 2 rings (SSSR count). The number of nitrogens with one attached hydrogen (secondary N) is 1. The third kappa shape index (κ3) is 3.93. The van der Waals surface area contributed by atoms with Crippen molar-refractivity contribution in [1.29, 1.82) is 0 Å². The van der Waals surface area contributed by atoms with Crippen LogP contribution in [0.1, 0.15) is 40.0 Å². The molecular weight excluding hydrogens is 244 g/mol. The molecule has 2 saturated heterocycles. The fourth-order valence-corrected chi connectivity index (χ4v) is 2.71. The summed E-state index contributed by atoms with van der Waals surface area (Å²) in [7, 11) is 0. The molecule has 19 heavy (non-hydrogen) atoms. The molecule has 5 nitrogen and oxygen atoms in total. The number of piperidine rings is 2. The molecule has 0 bridgehead atoms. The van der Waals surface area contributed by atoms with E-state index in [0.29, 0.717) is 18.9 Å². The molecular formula is C14H24N2O3. The Balaban J connectivity index is 1.83. The molecule has 108 valence electrons. The summed E-state index contributed by atoms with van der Waals surface area (Å²) in [5.74, 6) is 0.618. The minimum Gasteiger partial charge on any atom is -0.366 e. The van der Waals surface area contributed by atoms with Crippen molar-refractivity contribution in [3.63, 3.8) is 0 Å². The molecule has 0 aliphatic carbocycles. The Labute approximate surface area is 114 Å². The average Bonchev–Trinajstić information content (AvgIpc) is 2.34. The molecule has 1 N–H and O–H groups in total. The van der Waals surface area contributed by atoms with Gasteiger partial charge in [-0.1, -0.05) is 0 Å². The number of carbonyl (C=O) groups is 2. The van der Waals surface area contributed by atoms with Gasteiger partial charge in [-0.25, -0.2) is 0 Å². The molecule has 2 atom stereocenters. The third-order valence-corrected chi connectivity index (χ3v) is 3.80. The summed E-state index contributed by atoms with van der Waals surface area (Å²) in [4.78, 5) is 25.3. The Bertz CT molecular complexity index is 362. The maximum absolute atomic E-state index is 12.1. The first-order valence-electron chi connectivity index (χ1n) is 7.06. The van der Waals surface area contributed by atoms with E-state index in [4.69, 9.17) is 4.74 Å². The van der Waals surface area contributed by atoms with Crippen LogP contribution in [0, 0.1) is 5.92 Å². The molecule has 0 aromatic carbocycles. The highest BCUT2D eigenvalue weighted by atomic mass is 16.5. The largest absolute Gasteiger partial charge is 0.366 e. The first kappa shape index (κ1) is 14.3. The lowest BCUT2D eigenvalue weighted by Crippen LogP contribution is -2.55. The second-order valence-electron chi connectivity index (χ2n) is 6.50. The lowest BCUT2D eigenvalue weighted by atomic mass is 9.85. The molecule has 2 amide bonds. The van der Waals surface area contributed by atoms with Gasteiger partial charge >= 0.3 is 0 Å². The van der Waals surface area contributed by atoms with Gasteiger partial charge < -0.3 is 15.0 Å². The van der Waals surface area contributed by atoms with Gasteiger partial charge in [-0.05, 0) is 39.5 Å². The second-order valence-corrected chi connectivity index (χ2v) is 6.50. The van der Waals surface area contributed by atoms with Crippen molar-refractivity contribution in [3.05, 3.63) is 0 Å². The normalized spacial score (nSPS) is 27.7. The molecule has 2 fully saturated rings. The van der Waals surface area contributed by atoms with Gasteiger partial charge in [0.15, 0.2) is 0 Å². The summed E-state index contributed by atoms with van der Waals surface area (Å²) in [6, 6.07) is 0.258. The maximum atomic E-state index is 12.1. The first-order chi connectivity index (χ1) is 8.85. The van der Waals surface area contributed by atoms with Crippen LogP contribution < -0.4 is 5.32 Å². The standard InChI is InChI=1S/C14H24N2O3/c1-14(2,3)19-9-13(18)16-7-6-11-10(8-16)4-5-12(17)15-11/h10-11H,4-9H2,1-3H3,(H,15,17). The quantitative estimate of drug-likeness (QED) is 0.810. The number of carbonyl (C=O) groups excluding carboxylic acids is 2. The van der Waals surface area contributed by atoms with Gasteiger partial charge in [-0.2, -0.15) is 0 Å². The molecule has 0 aromatic rings. The van der Waals surface area contributed by atoms with Crippen LogP contribution in [0.2, 0.25) is 0 Å². The van der Waals surface area contributed by atoms with Crippen LogP contribution in [-0.4, -0.2) is 48.1 Å². The zero-order chi connectivity index (χ0) is 14.0. The van der Waals surface area contributed by atoms with Crippen LogP contribution in [0.15, 0.2) is 0 Å². The molecule has 2 aliphatic heterocycles. The second kappa shape index (κ2) is 5.49. The number of likely N-dealkylation sites (tertiary alicyclic amines) is 1. The van der Waals surface area contributed by atoms with Crippen LogP contribution in [0.3, 0.4) is 0 Å². The first-order valence-corrected chi connectivity index (χ1v) is 7.06. The van der Waals surface area contributed by atoms with Gasteiger partial charge in [0.1, 0.15) is 6.61 Å². The van der Waals surface area contributed by atoms with Crippen LogP contribution in [0.4, 0.5) is 0 Å². The Kier molecular flexibility index (Phi) is 4.13. The Morgan fingerprint density at radius 2 is 2.16 bits per heavy atom. The Morgan fingerprint density at radius 1 is 1.42 bits per heavy atom. The number of fused-ring (bicyclic) bond motifs is 1. The highest BCUT2D eigenvalue weighted by Gasteiger charge is 2.35. The fraction of sp³-hybridized carbons (Fsp3) is 0.857. The summed E-state index contributed by atoms with van der Waals surface area (Å²) in [6.07, 6.45) is 2.33. The Hall–Kier alpha value is -1.10. The van der Waals surface area contributed by atoms with Crippen molar-refractivity contribution in [3.8, 4) is 0 Å². The molecule has 0 spiro atoms. The van der Waals surface area contributed by atoms with Gasteiger partial charge in [0.05, 0.1) is 5.60 Å². The van der Waals surface area contributed by atoms with E-state index in [1.165, 1.54) is 0 Å². The highest BCUT2D eigenvalue weighted by Crippen LogP contribution is 2.25. The topological polar surface area (TPSA) is 58.6 Å². The zero-order valence-corrected chi connectivity index (χ0v) is 12.1. The van der Waals surface area contributed by atoms with E-state index in [9.17, 15) is 9.59 Å². The number of amides is 2. The van der Waals surface area contributed by atoms with Crippen LogP contribution in [0.25, 0.3) is 0 Å². The summed E-state index contributed by atoms with van der Waals surface area (Å²) >= 11 is 0. The minimum absolute atomic E-state index is 0.0604. The molecule has 5 heteroatoms. The van der Waals surface area contributed by atoms with Crippen molar-refractivity contribution in [2.75, 3.05) is 19.7 Å². The third-order valence-electron chi connectivity index (χ3n) is 3.80. The van der Waals surface area contributed by atoms with E-state index in [1.807, 2.05) is 25.7 Å².